The maximum atomic E-state index is 8.74. The molecular formula is C33H53O3P. The number of hydrogen-bond acceptors (Lipinski definition) is 3. The molecule has 37 heavy (non-hydrogen) atoms. The molecule has 208 valence electrons. The van der Waals surface area contributed by atoms with Gasteiger partial charge < -0.3 is 14.3 Å². The monoisotopic (exact) mass is 528 g/mol. The standard InChI is InChI=1S/C33H53O3P/c1-32(2,3)28-23-24-30(31(26-28)33(4,5)6)29(27-20-16-15-17-21-27)22-18-13-11-9-7-8-10-12-14-19-25-36-37(34)35/h15-17,20-21,23-24,26,29,34-35H,7-14,18-19,22,25H2,1-6H3. The molecule has 0 heterocycles. The number of rotatable bonds is 16. The average Bonchev–Trinajstić information content (AvgIpc) is 2.83. The molecule has 0 saturated carbocycles. The minimum absolute atomic E-state index is 0.109. The molecule has 4 heteroatoms. The van der Waals surface area contributed by atoms with Crippen molar-refractivity contribution in [3.8, 4) is 0 Å². The van der Waals surface area contributed by atoms with Crippen molar-refractivity contribution in [3.05, 3.63) is 70.8 Å². The van der Waals surface area contributed by atoms with Crippen LogP contribution in [0.25, 0.3) is 0 Å². The Morgan fingerprint density at radius 3 is 1.73 bits per heavy atom. The summed E-state index contributed by atoms with van der Waals surface area (Å²) in [6, 6.07) is 18.4. The molecule has 0 saturated heterocycles. The Bertz CT molecular complexity index is 881. The van der Waals surface area contributed by atoms with Gasteiger partial charge in [-0.05, 0) is 45.9 Å². The van der Waals surface area contributed by atoms with Crippen molar-refractivity contribution in [2.24, 2.45) is 0 Å². The molecule has 2 N–H and O–H groups in total. The maximum Gasteiger partial charge on any atom is 0.327 e. The summed E-state index contributed by atoms with van der Waals surface area (Å²) in [6.07, 6.45) is 13.5. The Morgan fingerprint density at radius 2 is 1.22 bits per heavy atom. The molecular weight excluding hydrogens is 475 g/mol. The first kappa shape index (κ1) is 32.0. The summed E-state index contributed by atoms with van der Waals surface area (Å²) in [5.41, 5.74) is 6.12. The van der Waals surface area contributed by atoms with Crippen LogP contribution < -0.4 is 0 Å². The zero-order valence-electron chi connectivity index (χ0n) is 24.4. The lowest BCUT2D eigenvalue weighted by atomic mass is 9.74. The van der Waals surface area contributed by atoms with Crippen LogP contribution in [-0.2, 0) is 15.4 Å². The van der Waals surface area contributed by atoms with Crippen molar-refractivity contribution < 1.29 is 14.3 Å². The minimum atomic E-state index is -2.18. The third-order valence-electron chi connectivity index (χ3n) is 7.40. The van der Waals surface area contributed by atoms with Crippen molar-refractivity contribution in [3.63, 3.8) is 0 Å². The van der Waals surface area contributed by atoms with Gasteiger partial charge in [0.05, 0.1) is 6.61 Å². The zero-order chi connectivity index (χ0) is 27.3. The fraction of sp³-hybridized carbons (Fsp3) is 0.636. The summed E-state index contributed by atoms with van der Waals surface area (Å²) >= 11 is 0. The van der Waals surface area contributed by atoms with Crippen LogP contribution in [0.15, 0.2) is 48.5 Å². The molecule has 1 unspecified atom stereocenters. The summed E-state index contributed by atoms with van der Waals surface area (Å²) in [7, 11) is -2.18. The van der Waals surface area contributed by atoms with E-state index in [0.29, 0.717) is 12.5 Å². The average molecular weight is 529 g/mol. The molecule has 0 bridgehead atoms. The van der Waals surface area contributed by atoms with E-state index in [-0.39, 0.29) is 10.8 Å². The zero-order valence-corrected chi connectivity index (χ0v) is 25.3. The lowest BCUT2D eigenvalue weighted by molar-refractivity contribution is 0.248. The minimum Gasteiger partial charge on any atom is -0.328 e. The molecule has 0 aliphatic rings. The fourth-order valence-corrected chi connectivity index (χ4v) is 5.47. The largest absolute Gasteiger partial charge is 0.328 e. The fourth-order valence-electron chi connectivity index (χ4n) is 5.17. The van der Waals surface area contributed by atoms with Gasteiger partial charge in [-0.25, -0.2) is 0 Å². The summed E-state index contributed by atoms with van der Waals surface area (Å²) in [5.74, 6) is 0.446. The second kappa shape index (κ2) is 16.0. The van der Waals surface area contributed by atoms with Crippen molar-refractivity contribution >= 4 is 8.60 Å². The summed E-state index contributed by atoms with van der Waals surface area (Å²) in [4.78, 5) is 17.5. The molecule has 0 spiro atoms. The van der Waals surface area contributed by atoms with Gasteiger partial charge in [-0.15, -0.1) is 0 Å². The van der Waals surface area contributed by atoms with E-state index in [1.54, 1.807) is 0 Å². The molecule has 2 aromatic rings. The highest BCUT2D eigenvalue weighted by Crippen LogP contribution is 2.39. The van der Waals surface area contributed by atoms with E-state index in [4.69, 9.17) is 14.3 Å². The second-order valence-electron chi connectivity index (χ2n) is 12.7. The van der Waals surface area contributed by atoms with Crippen LogP contribution >= 0.6 is 8.60 Å². The van der Waals surface area contributed by atoms with Gasteiger partial charge in [-0.2, -0.15) is 0 Å². The molecule has 1 atom stereocenters. The Balaban J connectivity index is 1.88. The predicted molar refractivity (Wildman–Crippen MR) is 160 cm³/mol. The third kappa shape index (κ3) is 12.0. The van der Waals surface area contributed by atoms with Crippen LogP contribution in [-0.4, -0.2) is 16.4 Å². The molecule has 0 aliphatic heterocycles. The molecule has 0 aromatic heterocycles. The predicted octanol–water partition coefficient (Wildman–Crippen LogP) is 9.93. The Hall–Kier alpha value is -1.25. The van der Waals surface area contributed by atoms with Gasteiger partial charge in [0, 0.05) is 5.92 Å². The Kier molecular flexibility index (Phi) is 13.8. The van der Waals surface area contributed by atoms with Crippen molar-refractivity contribution in [2.75, 3.05) is 6.61 Å². The van der Waals surface area contributed by atoms with E-state index >= 15 is 0 Å². The SMILES string of the molecule is CC(C)(C)c1ccc(C(CCCCCCCCCCCCOP(O)O)c2ccccc2)c(C(C)(C)C)c1. The third-order valence-corrected chi connectivity index (χ3v) is 7.81. The Labute approximate surface area is 229 Å². The number of unbranched alkanes of at least 4 members (excludes halogenated alkanes) is 9. The highest BCUT2D eigenvalue weighted by Gasteiger charge is 2.26. The molecule has 0 aliphatic carbocycles. The lowest BCUT2D eigenvalue weighted by Gasteiger charge is -2.31. The molecule has 2 rings (SSSR count). The molecule has 3 nitrogen and oxygen atoms in total. The van der Waals surface area contributed by atoms with Gasteiger partial charge in [0.25, 0.3) is 0 Å². The van der Waals surface area contributed by atoms with E-state index in [1.807, 2.05) is 0 Å². The van der Waals surface area contributed by atoms with Gasteiger partial charge in [0.15, 0.2) is 0 Å². The first-order valence-corrected chi connectivity index (χ1v) is 15.7. The van der Waals surface area contributed by atoms with Gasteiger partial charge in [-0.1, -0.05) is 148 Å². The quantitative estimate of drug-likeness (QED) is 0.168. The summed E-state index contributed by atoms with van der Waals surface area (Å²) in [5, 5.41) is 0. The van der Waals surface area contributed by atoms with E-state index in [0.717, 1.165) is 12.8 Å². The summed E-state index contributed by atoms with van der Waals surface area (Å²) in [6.45, 7) is 14.5. The van der Waals surface area contributed by atoms with Crippen LogP contribution in [0.4, 0.5) is 0 Å². The van der Waals surface area contributed by atoms with Gasteiger partial charge in [0.1, 0.15) is 0 Å². The highest BCUT2D eigenvalue weighted by molar-refractivity contribution is 7.39. The van der Waals surface area contributed by atoms with Crippen LogP contribution in [0.3, 0.4) is 0 Å². The van der Waals surface area contributed by atoms with Crippen LogP contribution in [0.2, 0.25) is 0 Å². The van der Waals surface area contributed by atoms with Gasteiger partial charge >= 0.3 is 8.60 Å². The van der Waals surface area contributed by atoms with E-state index < -0.39 is 8.60 Å². The van der Waals surface area contributed by atoms with Crippen LogP contribution in [0.5, 0.6) is 0 Å². The molecule has 0 radical (unpaired) electrons. The Morgan fingerprint density at radius 1 is 0.676 bits per heavy atom. The maximum absolute atomic E-state index is 8.74. The first-order chi connectivity index (χ1) is 17.5. The number of benzene rings is 2. The smallest absolute Gasteiger partial charge is 0.327 e. The number of hydrogen-bond donors (Lipinski definition) is 2. The van der Waals surface area contributed by atoms with Crippen molar-refractivity contribution in [1.82, 2.24) is 0 Å². The normalized spacial score (nSPS) is 13.3. The lowest BCUT2D eigenvalue weighted by Crippen LogP contribution is -2.20. The van der Waals surface area contributed by atoms with Crippen molar-refractivity contribution in [1.29, 1.82) is 0 Å². The van der Waals surface area contributed by atoms with Crippen LogP contribution in [0, 0.1) is 0 Å². The second-order valence-corrected chi connectivity index (χ2v) is 13.4. The van der Waals surface area contributed by atoms with Crippen LogP contribution in [0.1, 0.15) is 140 Å². The summed E-state index contributed by atoms with van der Waals surface area (Å²) < 4.78 is 4.82. The first-order valence-electron chi connectivity index (χ1n) is 14.5. The van der Waals surface area contributed by atoms with Crippen molar-refractivity contribution in [2.45, 2.75) is 129 Å². The van der Waals surface area contributed by atoms with E-state index in [9.17, 15) is 0 Å². The molecule has 0 amide bonds. The van der Waals surface area contributed by atoms with E-state index in [1.165, 1.54) is 80.0 Å². The van der Waals surface area contributed by atoms with Gasteiger partial charge in [-0.3, -0.25) is 0 Å². The molecule has 2 aromatic carbocycles. The van der Waals surface area contributed by atoms with E-state index in [2.05, 4.69) is 90.1 Å². The topological polar surface area (TPSA) is 49.7 Å². The highest BCUT2D eigenvalue weighted by atomic mass is 31.2. The molecule has 0 fully saturated rings. The van der Waals surface area contributed by atoms with Gasteiger partial charge in [0.2, 0.25) is 0 Å².